The number of rotatable bonds is 7. The van der Waals surface area contributed by atoms with Crippen molar-refractivity contribution in [3.8, 4) is 5.75 Å². The molecule has 108 valence electrons. The van der Waals surface area contributed by atoms with Gasteiger partial charge in [0.05, 0.1) is 0 Å². The lowest BCUT2D eigenvalue weighted by atomic mass is 10.2. The lowest BCUT2D eigenvalue weighted by molar-refractivity contribution is -0.133. The predicted octanol–water partition coefficient (Wildman–Crippen LogP) is 1.96. The van der Waals surface area contributed by atoms with E-state index in [1.165, 1.54) is 12.8 Å². The van der Waals surface area contributed by atoms with E-state index in [0.29, 0.717) is 16.7 Å². The molecule has 0 aliphatic heterocycles. The minimum absolute atomic E-state index is 0.0397. The van der Waals surface area contributed by atoms with E-state index in [1.807, 2.05) is 11.8 Å². The van der Waals surface area contributed by atoms with Crippen molar-refractivity contribution >= 4 is 23.1 Å². The first-order valence-corrected chi connectivity index (χ1v) is 7.31. The highest BCUT2D eigenvalue weighted by atomic mass is 32.1. The second kappa shape index (κ2) is 6.70. The maximum Gasteiger partial charge on any atom is 0.260 e. The van der Waals surface area contributed by atoms with Crippen LogP contribution < -0.4 is 10.5 Å². The Hall–Kier alpha value is -1.62. The Morgan fingerprint density at radius 1 is 1.40 bits per heavy atom. The molecule has 2 N–H and O–H groups in total. The molecule has 1 saturated carbocycles. The van der Waals surface area contributed by atoms with Crippen molar-refractivity contribution in [3.05, 3.63) is 29.8 Å². The van der Waals surface area contributed by atoms with Crippen molar-refractivity contribution in [2.75, 3.05) is 19.7 Å². The zero-order valence-electron chi connectivity index (χ0n) is 11.7. The molecule has 0 atom stereocenters. The second-order valence-electron chi connectivity index (χ2n) is 5.05. The summed E-state index contributed by atoms with van der Waals surface area (Å²) in [5.74, 6) is 1.39. The zero-order valence-corrected chi connectivity index (χ0v) is 12.5. The number of ether oxygens (including phenoxy) is 1. The number of likely N-dealkylation sites (N-methyl/N-ethyl adjacent to an activating group) is 1. The lowest BCUT2D eigenvalue weighted by Gasteiger charge is -2.20. The van der Waals surface area contributed by atoms with Crippen LogP contribution in [0.4, 0.5) is 0 Å². The van der Waals surface area contributed by atoms with Crippen molar-refractivity contribution in [2.24, 2.45) is 11.7 Å². The van der Waals surface area contributed by atoms with Gasteiger partial charge in [0.15, 0.2) is 6.61 Å². The Labute approximate surface area is 124 Å². The van der Waals surface area contributed by atoms with Gasteiger partial charge in [-0.3, -0.25) is 4.79 Å². The summed E-state index contributed by atoms with van der Waals surface area (Å²) < 4.78 is 5.51. The molecule has 1 aliphatic carbocycles. The molecule has 1 fully saturated rings. The number of nitrogens with zero attached hydrogens (tertiary/aromatic N) is 1. The van der Waals surface area contributed by atoms with Gasteiger partial charge in [-0.15, -0.1) is 0 Å². The molecule has 0 saturated heterocycles. The molecular weight excluding hydrogens is 272 g/mol. The maximum atomic E-state index is 12.0. The molecule has 1 aromatic rings. The monoisotopic (exact) mass is 292 g/mol. The van der Waals surface area contributed by atoms with E-state index in [2.05, 4.69) is 0 Å². The van der Waals surface area contributed by atoms with Crippen LogP contribution in [0.1, 0.15) is 25.3 Å². The van der Waals surface area contributed by atoms with Gasteiger partial charge in [0.2, 0.25) is 0 Å². The Kier molecular flexibility index (Phi) is 4.95. The van der Waals surface area contributed by atoms with Crippen LogP contribution in [0.5, 0.6) is 5.75 Å². The molecule has 0 spiro atoms. The van der Waals surface area contributed by atoms with Crippen LogP contribution in [-0.4, -0.2) is 35.5 Å². The molecule has 1 aliphatic rings. The van der Waals surface area contributed by atoms with Gasteiger partial charge in [-0.1, -0.05) is 12.2 Å². The van der Waals surface area contributed by atoms with Crippen LogP contribution in [-0.2, 0) is 4.79 Å². The van der Waals surface area contributed by atoms with E-state index < -0.39 is 0 Å². The Balaban J connectivity index is 1.83. The van der Waals surface area contributed by atoms with Crippen LogP contribution >= 0.6 is 12.2 Å². The highest BCUT2D eigenvalue weighted by Gasteiger charge is 2.26. The number of benzene rings is 1. The number of amides is 1. The average molecular weight is 292 g/mol. The zero-order chi connectivity index (χ0) is 14.5. The van der Waals surface area contributed by atoms with Gasteiger partial charge in [-0.25, -0.2) is 0 Å². The van der Waals surface area contributed by atoms with Crippen LogP contribution in [0.2, 0.25) is 0 Å². The van der Waals surface area contributed by atoms with Gasteiger partial charge in [-0.2, -0.15) is 0 Å². The molecule has 0 radical (unpaired) electrons. The quantitative estimate of drug-likeness (QED) is 0.781. The number of carbonyl (C=O) groups excluding carboxylic acids is 1. The summed E-state index contributed by atoms with van der Waals surface area (Å²) in [7, 11) is 0. The SMILES string of the molecule is CCN(CC1CC1)C(=O)COc1ccc(C(N)=S)cc1. The molecule has 0 heterocycles. The van der Waals surface area contributed by atoms with E-state index in [9.17, 15) is 4.79 Å². The fourth-order valence-electron chi connectivity index (χ4n) is 1.97. The first-order valence-electron chi connectivity index (χ1n) is 6.90. The van der Waals surface area contributed by atoms with E-state index in [1.54, 1.807) is 24.3 Å². The number of hydrogen-bond donors (Lipinski definition) is 1. The average Bonchev–Trinajstić information content (AvgIpc) is 3.26. The van der Waals surface area contributed by atoms with E-state index >= 15 is 0 Å². The third kappa shape index (κ3) is 4.20. The number of nitrogens with two attached hydrogens (primary N) is 1. The number of thiocarbonyl (C=S) groups is 1. The van der Waals surface area contributed by atoms with E-state index in [4.69, 9.17) is 22.7 Å². The largest absolute Gasteiger partial charge is 0.484 e. The van der Waals surface area contributed by atoms with Crippen LogP contribution in [0, 0.1) is 5.92 Å². The Bertz CT molecular complexity index is 483. The third-order valence-corrected chi connectivity index (χ3v) is 3.65. The number of carbonyl (C=O) groups is 1. The standard InChI is InChI=1S/C15H20N2O2S/c1-2-17(9-11-3-4-11)14(18)10-19-13-7-5-12(6-8-13)15(16)20/h5-8,11H,2-4,9-10H2,1H3,(H2,16,20). The van der Waals surface area contributed by atoms with Crippen LogP contribution in [0.3, 0.4) is 0 Å². The third-order valence-electron chi connectivity index (χ3n) is 3.41. The molecule has 1 amide bonds. The van der Waals surface area contributed by atoms with Gasteiger partial charge in [-0.05, 0) is 49.9 Å². The number of hydrogen-bond acceptors (Lipinski definition) is 3. The van der Waals surface area contributed by atoms with Crippen molar-refractivity contribution in [1.82, 2.24) is 4.90 Å². The molecule has 0 unspecified atom stereocenters. The first-order chi connectivity index (χ1) is 9.60. The summed E-state index contributed by atoms with van der Waals surface area (Å²) in [4.78, 5) is 14.3. The van der Waals surface area contributed by atoms with Crippen molar-refractivity contribution in [3.63, 3.8) is 0 Å². The van der Waals surface area contributed by atoms with Crippen molar-refractivity contribution in [1.29, 1.82) is 0 Å². The van der Waals surface area contributed by atoms with E-state index in [0.717, 1.165) is 18.7 Å². The maximum absolute atomic E-state index is 12.0. The first kappa shape index (κ1) is 14.8. The molecule has 5 heteroatoms. The highest BCUT2D eigenvalue weighted by Crippen LogP contribution is 2.29. The fraction of sp³-hybridized carbons (Fsp3) is 0.467. The summed E-state index contributed by atoms with van der Waals surface area (Å²) in [6, 6.07) is 7.14. The van der Waals surface area contributed by atoms with E-state index in [-0.39, 0.29) is 12.5 Å². The molecule has 20 heavy (non-hydrogen) atoms. The predicted molar refractivity (Wildman–Crippen MR) is 82.8 cm³/mol. The lowest BCUT2D eigenvalue weighted by Crippen LogP contribution is -2.36. The summed E-state index contributed by atoms with van der Waals surface area (Å²) in [6.45, 7) is 3.67. The normalized spacial score (nSPS) is 13.8. The molecule has 0 bridgehead atoms. The van der Waals surface area contributed by atoms with Crippen LogP contribution in [0.25, 0.3) is 0 Å². The van der Waals surface area contributed by atoms with Gasteiger partial charge in [0, 0.05) is 18.7 Å². The smallest absolute Gasteiger partial charge is 0.260 e. The second-order valence-corrected chi connectivity index (χ2v) is 5.49. The molecule has 4 nitrogen and oxygen atoms in total. The molecule has 1 aromatic carbocycles. The van der Waals surface area contributed by atoms with Gasteiger partial charge in [0.1, 0.15) is 10.7 Å². The minimum Gasteiger partial charge on any atom is -0.484 e. The Morgan fingerprint density at radius 3 is 2.55 bits per heavy atom. The summed E-state index contributed by atoms with van der Waals surface area (Å²) in [6.07, 6.45) is 2.48. The minimum atomic E-state index is 0.0397. The highest BCUT2D eigenvalue weighted by molar-refractivity contribution is 7.80. The summed E-state index contributed by atoms with van der Waals surface area (Å²) in [5, 5.41) is 0. The van der Waals surface area contributed by atoms with Crippen molar-refractivity contribution < 1.29 is 9.53 Å². The van der Waals surface area contributed by atoms with Crippen LogP contribution in [0.15, 0.2) is 24.3 Å². The summed E-state index contributed by atoms with van der Waals surface area (Å²) >= 11 is 4.88. The van der Waals surface area contributed by atoms with Gasteiger partial charge >= 0.3 is 0 Å². The van der Waals surface area contributed by atoms with Gasteiger partial charge < -0.3 is 15.4 Å². The topological polar surface area (TPSA) is 55.6 Å². The Morgan fingerprint density at radius 2 is 2.05 bits per heavy atom. The van der Waals surface area contributed by atoms with Gasteiger partial charge in [0.25, 0.3) is 5.91 Å². The molecule has 0 aromatic heterocycles. The summed E-state index contributed by atoms with van der Waals surface area (Å²) in [5.41, 5.74) is 6.32. The molecular formula is C15H20N2O2S. The molecule has 2 rings (SSSR count). The fourth-order valence-corrected chi connectivity index (χ4v) is 2.11. The van der Waals surface area contributed by atoms with Crippen molar-refractivity contribution in [2.45, 2.75) is 19.8 Å².